The highest BCUT2D eigenvalue weighted by molar-refractivity contribution is 6.36. The molecule has 2 aliphatic heterocycles. The number of piperidine rings is 1. The number of rotatable bonds is 5. The number of nitrogens with zero attached hydrogens (tertiary/aromatic N) is 1. The molecule has 174 valence electrons. The summed E-state index contributed by atoms with van der Waals surface area (Å²) >= 11 is 6.11. The molecule has 2 amide bonds. The van der Waals surface area contributed by atoms with Crippen LogP contribution < -0.4 is 10.6 Å². The van der Waals surface area contributed by atoms with Gasteiger partial charge < -0.3 is 20.0 Å². The number of fused-ring (bicyclic) bond motifs is 1. The van der Waals surface area contributed by atoms with Crippen LogP contribution >= 0.6 is 11.6 Å². The Morgan fingerprint density at radius 2 is 2.00 bits per heavy atom. The smallest absolute Gasteiger partial charge is 0.256 e. The predicted molar refractivity (Wildman–Crippen MR) is 135 cm³/mol. The van der Waals surface area contributed by atoms with E-state index in [1.54, 1.807) is 24.3 Å². The molecular formula is C27H26ClN3O3. The van der Waals surface area contributed by atoms with Gasteiger partial charge in [-0.15, -0.1) is 0 Å². The first-order valence-electron chi connectivity index (χ1n) is 11.5. The fraction of sp³-hybridized carbons (Fsp3) is 0.259. The van der Waals surface area contributed by atoms with Gasteiger partial charge in [-0.3, -0.25) is 9.59 Å². The number of carbonyl (C=O) groups excluding carboxylic acids is 2. The molecule has 0 radical (unpaired) electrons. The molecule has 3 aromatic rings. The normalized spacial score (nSPS) is 17.6. The highest BCUT2D eigenvalue weighted by Crippen LogP contribution is 2.35. The third-order valence-corrected chi connectivity index (χ3v) is 6.71. The molecule has 1 fully saturated rings. The Morgan fingerprint density at radius 1 is 1.18 bits per heavy atom. The lowest BCUT2D eigenvalue weighted by molar-refractivity contribution is -0.110. The molecule has 0 saturated carbocycles. The number of furan rings is 1. The SMILES string of the molecule is CN1CCC(CNC(=O)c2cccc(-c3ccc(C=C4C(=O)Nc5ccc(Cl)cc54)o3)c2)CC1. The van der Waals surface area contributed by atoms with E-state index in [0.29, 0.717) is 40.1 Å². The molecule has 2 aliphatic rings. The Balaban J connectivity index is 1.30. The maximum Gasteiger partial charge on any atom is 0.256 e. The van der Waals surface area contributed by atoms with Gasteiger partial charge in [-0.1, -0.05) is 23.7 Å². The van der Waals surface area contributed by atoms with Crippen LogP contribution in [0.1, 0.15) is 34.5 Å². The summed E-state index contributed by atoms with van der Waals surface area (Å²) in [6.07, 6.45) is 3.92. The summed E-state index contributed by atoms with van der Waals surface area (Å²) in [6.45, 7) is 2.85. The van der Waals surface area contributed by atoms with Crippen LogP contribution in [0.5, 0.6) is 0 Å². The molecule has 3 heterocycles. The quantitative estimate of drug-likeness (QED) is 0.499. The van der Waals surface area contributed by atoms with E-state index in [-0.39, 0.29) is 11.8 Å². The molecule has 6 nitrogen and oxygen atoms in total. The van der Waals surface area contributed by atoms with Gasteiger partial charge in [0.1, 0.15) is 11.5 Å². The molecule has 0 unspecified atom stereocenters. The number of carbonyl (C=O) groups is 2. The molecule has 0 bridgehead atoms. The summed E-state index contributed by atoms with van der Waals surface area (Å²) in [7, 11) is 2.13. The first kappa shape index (κ1) is 22.4. The number of benzene rings is 2. The first-order valence-corrected chi connectivity index (χ1v) is 11.8. The van der Waals surface area contributed by atoms with Gasteiger partial charge in [0.2, 0.25) is 0 Å². The Kier molecular flexibility index (Phi) is 6.26. The molecule has 0 atom stereocenters. The fourth-order valence-corrected chi connectivity index (χ4v) is 4.62. The molecule has 5 rings (SSSR count). The molecule has 2 N–H and O–H groups in total. The van der Waals surface area contributed by atoms with E-state index in [1.807, 2.05) is 36.4 Å². The van der Waals surface area contributed by atoms with Crippen LogP contribution in [0.3, 0.4) is 0 Å². The van der Waals surface area contributed by atoms with Gasteiger partial charge in [0.25, 0.3) is 11.8 Å². The van der Waals surface area contributed by atoms with E-state index >= 15 is 0 Å². The van der Waals surface area contributed by atoms with Gasteiger partial charge in [-0.2, -0.15) is 0 Å². The van der Waals surface area contributed by atoms with Crippen molar-refractivity contribution in [1.82, 2.24) is 10.2 Å². The third-order valence-electron chi connectivity index (χ3n) is 6.48. The van der Waals surface area contributed by atoms with Crippen molar-refractivity contribution in [3.05, 3.63) is 76.5 Å². The van der Waals surface area contributed by atoms with Gasteiger partial charge in [0, 0.05) is 33.9 Å². The average Bonchev–Trinajstić information content (AvgIpc) is 3.43. The second kappa shape index (κ2) is 9.49. The zero-order chi connectivity index (χ0) is 23.7. The number of anilines is 1. The highest BCUT2D eigenvalue weighted by Gasteiger charge is 2.25. The molecule has 1 saturated heterocycles. The molecule has 7 heteroatoms. The molecule has 1 aromatic heterocycles. The van der Waals surface area contributed by atoms with Gasteiger partial charge >= 0.3 is 0 Å². The van der Waals surface area contributed by atoms with E-state index in [0.717, 1.165) is 42.7 Å². The minimum absolute atomic E-state index is 0.0780. The van der Waals surface area contributed by atoms with E-state index in [2.05, 4.69) is 22.6 Å². The number of halogens is 1. The zero-order valence-corrected chi connectivity index (χ0v) is 19.7. The van der Waals surface area contributed by atoms with Crippen LogP contribution in [-0.2, 0) is 4.79 Å². The minimum atomic E-state index is -0.196. The van der Waals surface area contributed by atoms with Crippen molar-refractivity contribution < 1.29 is 14.0 Å². The monoisotopic (exact) mass is 475 g/mol. The lowest BCUT2D eigenvalue weighted by Crippen LogP contribution is -2.36. The van der Waals surface area contributed by atoms with E-state index in [9.17, 15) is 9.59 Å². The Morgan fingerprint density at radius 3 is 2.82 bits per heavy atom. The number of amides is 2. The second-order valence-corrected chi connectivity index (χ2v) is 9.38. The van der Waals surface area contributed by atoms with Crippen molar-refractivity contribution in [1.29, 1.82) is 0 Å². The maximum absolute atomic E-state index is 12.7. The summed E-state index contributed by atoms with van der Waals surface area (Å²) in [5.41, 5.74) is 3.38. The zero-order valence-electron chi connectivity index (χ0n) is 18.9. The van der Waals surface area contributed by atoms with Crippen LogP contribution in [0.2, 0.25) is 5.02 Å². The fourth-order valence-electron chi connectivity index (χ4n) is 4.45. The standard InChI is InChI=1S/C27H26ClN3O3/c1-31-11-9-17(10-12-31)16-29-26(32)19-4-2-3-18(13-19)25-8-6-21(34-25)15-23-22-14-20(28)5-7-24(22)30-27(23)33/h2-8,13-15,17H,9-12,16H2,1H3,(H,29,32)(H,30,33). The Hall–Kier alpha value is -3.35. The second-order valence-electron chi connectivity index (χ2n) is 8.94. The number of hydrogen-bond acceptors (Lipinski definition) is 4. The summed E-state index contributed by atoms with van der Waals surface area (Å²) in [5, 5.41) is 6.48. The predicted octanol–water partition coefficient (Wildman–Crippen LogP) is 5.16. The van der Waals surface area contributed by atoms with Gasteiger partial charge in [0.05, 0.1) is 5.57 Å². The summed E-state index contributed by atoms with van der Waals surface area (Å²) in [6, 6.07) is 16.3. The van der Waals surface area contributed by atoms with Gasteiger partial charge in [-0.05, 0) is 87.4 Å². The minimum Gasteiger partial charge on any atom is -0.457 e. The van der Waals surface area contributed by atoms with Crippen LogP contribution in [0.25, 0.3) is 23.0 Å². The third kappa shape index (κ3) is 4.79. The topological polar surface area (TPSA) is 74.6 Å². The summed E-state index contributed by atoms with van der Waals surface area (Å²) < 4.78 is 6.00. The number of likely N-dealkylation sites (tertiary alicyclic amines) is 1. The van der Waals surface area contributed by atoms with Crippen LogP contribution in [0.4, 0.5) is 5.69 Å². The van der Waals surface area contributed by atoms with Crippen molar-refractivity contribution in [3.8, 4) is 11.3 Å². The van der Waals surface area contributed by atoms with Crippen LogP contribution in [0, 0.1) is 5.92 Å². The molecule has 2 aromatic carbocycles. The first-order chi connectivity index (χ1) is 16.5. The lowest BCUT2D eigenvalue weighted by atomic mass is 9.97. The van der Waals surface area contributed by atoms with Crippen molar-refractivity contribution in [2.45, 2.75) is 12.8 Å². The van der Waals surface area contributed by atoms with Crippen molar-refractivity contribution >= 4 is 40.8 Å². The Labute approximate surface area is 203 Å². The lowest BCUT2D eigenvalue weighted by Gasteiger charge is -2.28. The van der Waals surface area contributed by atoms with Crippen LogP contribution in [0.15, 0.2) is 59.0 Å². The molecule has 0 spiro atoms. The molecular weight excluding hydrogens is 450 g/mol. The Bertz CT molecular complexity index is 1270. The van der Waals surface area contributed by atoms with Crippen molar-refractivity contribution in [3.63, 3.8) is 0 Å². The highest BCUT2D eigenvalue weighted by atomic mass is 35.5. The maximum atomic E-state index is 12.7. The van der Waals surface area contributed by atoms with Gasteiger partial charge in [-0.25, -0.2) is 0 Å². The molecule has 0 aliphatic carbocycles. The van der Waals surface area contributed by atoms with Crippen LogP contribution in [-0.4, -0.2) is 43.4 Å². The van der Waals surface area contributed by atoms with Gasteiger partial charge in [0.15, 0.2) is 0 Å². The largest absolute Gasteiger partial charge is 0.457 e. The number of nitrogens with one attached hydrogen (secondary N) is 2. The molecule has 34 heavy (non-hydrogen) atoms. The van der Waals surface area contributed by atoms with E-state index < -0.39 is 0 Å². The average molecular weight is 476 g/mol. The summed E-state index contributed by atoms with van der Waals surface area (Å²) in [4.78, 5) is 27.5. The van der Waals surface area contributed by atoms with E-state index in [4.69, 9.17) is 16.0 Å². The number of hydrogen-bond donors (Lipinski definition) is 2. The van der Waals surface area contributed by atoms with E-state index in [1.165, 1.54) is 0 Å². The van der Waals surface area contributed by atoms with Crippen molar-refractivity contribution in [2.75, 3.05) is 32.0 Å². The summed E-state index contributed by atoms with van der Waals surface area (Å²) in [5.74, 6) is 1.42. The van der Waals surface area contributed by atoms with Crippen molar-refractivity contribution in [2.24, 2.45) is 5.92 Å².